The second-order valence-electron chi connectivity index (χ2n) is 4.54. The summed E-state index contributed by atoms with van der Waals surface area (Å²) in [5.74, 6) is -0.510. The standard InChI is InChI=1S/C14H14ClFN2O2/c1-3-4-10-12(15)17-14(20)18(13(10)19)11-7-9(16)6-5-8(11)2/h5-7H,3-4H2,1-2H3,(H,17,20). The first kappa shape index (κ1) is 14.5. The van der Waals surface area contributed by atoms with Crippen LogP contribution in [0, 0.1) is 12.7 Å². The van der Waals surface area contributed by atoms with Crippen LogP contribution in [0.15, 0.2) is 27.8 Å². The van der Waals surface area contributed by atoms with Crippen molar-refractivity contribution in [3.63, 3.8) is 0 Å². The van der Waals surface area contributed by atoms with Crippen molar-refractivity contribution in [2.24, 2.45) is 0 Å². The second-order valence-corrected chi connectivity index (χ2v) is 4.92. The fraction of sp³-hybridized carbons (Fsp3) is 0.286. The van der Waals surface area contributed by atoms with Crippen LogP contribution in [0.5, 0.6) is 0 Å². The smallest absolute Gasteiger partial charge is 0.297 e. The van der Waals surface area contributed by atoms with Gasteiger partial charge >= 0.3 is 5.69 Å². The summed E-state index contributed by atoms with van der Waals surface area (Å²) in [6.45, 7) is 3.60. The molecule has 1 N–H and O–H groups in total. The molecule has 1 aromatic heterocycles. The summed E-state index contributed by atoms with van der Waals surface area (Å²) in [6.07, 6.45) is 1.16. The molecule has 0 atom stereocenters. The van der Waals surface area contributed by atoms with E-state index < -0.39 is 17.1 Å². The van der Waals surface area contributed by atoms with Crippen molar-refractivity contribution in [3.8, 4) is 5.69 Å². The molecule has 0 saturated heterocycles. The van der Waals surface area contributed by atoms with Crippen LogP contribution < -0.4 is 11.2 Å². The normalized spacial score (nSPS) is 10.8. The summed E-state index contributed by atoms with van der Waals surface area (Å²) >= 11 is 5.90. The highest BCUT2D eigenvalue weighted by atomic mass is 35.5. The minimum Gasteiger partial charge on any atom is -0.297 e. The molecule has 106 valence electrons. The molecule has 0 unspecified atom stereocenters. The Hall–Kier alpha value is -1.88. The quantitative estimate of drug-likeness (QED) is 0.885. The number of nitrogens with one attached hydrogen (secondary N) is 1. The monoisotopic (exact) mass is 296 g/mol. The highest BCUT2D eigenvalue weighted by molar-refractivity contribution is 6.30. The van der Waals surface area contributed by atoms with E-state index in [4.69, 9.17) is 11.6 Å². The maximum absolute atomic E-state index is 13.4. The molecule has 2 aromatic rings. The molecule has 0 aliphatic heterocycles. The summed E-state index contributed by atoms with van der Waals surface area (Å²) in [7, 11) is 0. The molecular weight excluding hydrogens is 283 g/mol. The average molecular weight is 297 g/mol. The van der Waals surface area contributed by atoms with E-state index in [0.717, 1.165) is 10.6 Å². The Kier molecular flexibility index (Phi) is 4.09. The highest BCUT2D eigenvalue weighted by Crippen LogP contribution is 2.14. The van der Waals surface area contributed by atoms with Gasteiger partial charge in [-0.05, 0) is 31.0 Å². The number of benzene rings is 1. The molecule has 0 fully saturated rings. The zero-order valence-electron chi connectivity index (χ0n) is 11.2. The van der Waals surface area contributed by atoms with Crippen molar-refractivity contribution < 1.29 is 4.39 Å². The van der Waals surface area contributed by atoms with Crippen LogP contribution in [0.1, 0.15) is 24.5 Å². The summed E-state index contributed by atoms with van der Waals surface area (Å²) in [5, 5.41) is 0.0483. The van der Waals surface area contributed by atoms with Crippen LogP contribution >= 0.6 is 11.6 Å². The van der Waals surface area contributed by atoms with Crippen LogP contribution in [0.4, 0.5) is 4.39 Å². The van der Waals surface area contributed by atoms with E-state index in [1.54, 1.807) is 6.92 Å². The summed E-state index contributed by atoms with van der Waals surface area (Å²) in [4.78, 5) is 26.8. The van der Waals surface area contributed by atoms with E-state index in [0.29, 0.717) is 24.0 Å². The molecule has 1 heterocycles. The van der Waals surface area contributed by atoms with Gasteiger partial charge in [0, 0.05) is 0 Å². The van der Waals surface area contributed by atoms with E-state index >= 15 is 0 Å². The van der Waals surface area contributed by atoms with Crippen molar-refractivity contribution in [2.45, 2.75) is 26.7 Å². The Labute approximate surface area is 119 Å². The van der Waals surface area contributed by atoms with Gasteiger partial charge in [0.15, 0.2) is 0 Å². The van der Waals surface area contributed by atoms with Gasteiger partial charge in [-0.25, -0.2) is 13.8 Å². The molecule has 0 aliphatic carbocycles. The third-order valence-electron chi connectivity index (χ3n) is 3.06. The number of hydrogen-bond donors (Lipinski definition) is 1. The van der Waals surface area contributed by atoms with Gasteiger partial charge in [0.05, 0.1) is 11.3 Å². The van der Waals surface area contributed by atoms with Gasteiger partial charge in [-0.1, -0.05) is 31.0 Å². The molecule has 0 saturated carbocycles. The van der Waals surface area contributed by atoms with Gasteiger partial charge in [0.25, 0.3) is 5.56 Å². The lowest BCUT2D eigenvalue weighted by molar-refractivity contribution is 0.625. The highest BCUT2D eigenvalue weighted by Gasteiger charge is 2.15. The Balaban J connectivity index is 2.81. The number of rotatable bonds is 3. The molecular formula is C14H14ClFN2O2. The van der Waals surface area contributed by atoms with E-state index in [1.807, 2.05) is 6.92 Å². The molecule has 0 amide bonds. The van der Waals surface area contributed by atoms with E-state index in [9.17, 15) is 14.0 Å². The molecule has 2 rings (SSSR count). The van der Waals surface area contributed by atoms with E-state index in [1.165, 1.54) is 12.1 Å². The number of nitrogens with zero attached hydrogens (tertiary/aromatic N) is 1. The Morgan fingerprint density at radius 3 is 2.70 bits per heavy atom. The van der Waals surface area contributed by atoms with Crippen LogP contribution in [0.3, 0.4) is 0 Å². The summed E-state index contributed by atoms with van der Waals surface area (Å²) in [6, 6.07) is 3.96. The Morgan fingerprint density at radius 2 is 2.05 bits per heavy atom. The molecule has 0 aliphatic rings. The molecule has 20 heavy (non-hydrogen) atoms. The molecule has 1 aromatic carbocycles. The van der Waals surface area contributed by atoms with Crippen LogP contribution in [-0.4, -0.2) is 9.55 Å². The molecule has 4 nitrogen and oxygen atoms in total. The van der Waals surface area contributed by atoms with Crippen LogP contribution in [0.2, 0.25) is 5.15 Å². The predicted octanol–water partition coefficient (Wildman–Crippen LogP) is 2.58. The average Bonchev–Trinajstić information content (AvgIpc) is 2.38. The first-order valence-electron chi connectivity index (χ1n) is 6.26. The van der Waals surface area contributed by atoms with Crippen LogP contribution in [-0.2, 0) is 6.42 Å². The molecule has 0 spiro atoms. The maximum atomic E-state index is 13.4. The Morgan fingerprint density at radius 1 is 1.35 bits per heavy atom. The van der Waals surface area contributed by atoms with Crippen molar-refractivity contribution in [1.29, 1.82) is 0 Å². The van der Waals surface area contributed by atoms with E-state index in [2.05, 4.69) is 4.98 Å². The lowest BCUT2D eigenvalue weighted by Crippen LogP contribution is -2.36. The zero-order valence-corrected chi connectivity index (χ0v) is 11.9. The van der Waals surface area contributed by atoms with Crippen molar-refractivity contribution in [2.75, 3.05) is 0 Å². The Bertz CT molecular complexity index is 765. The van der Waals surface area contributed by atoms with Gasteiger partial charge in [0.1, 0.15) is 11.0 Å². The molecule has 0 radical (unpaired) electrons. The van der Waals surface area contributed by atoms with Gasteiger partial charge in [-0.3, -0.25) is 9.78 Å². The van der Waals surface area contributed by atoms with E-state index in [-0.39, 0.29) is 10.8 Å². The third-order valence-corrected chi connectivity index (χ3v) is 3.38. The molecule has 6 heteroatoms. The van der Waals surface area contributed by atoms with Gasteiger partial charge in [-0.2, -0.15) is 0 Å². The topological polar surface area (TPSA) is 54.9 Å². The van der Waals surface area contributed by atoms with Crippen molar-refractivity contribution in [1.82, 2.24) is 9.55 Å². The fourth-order valence-electron chi connectivity index (χ4n) is 2.06. The predicted molar refractivity (Wildman–Crippen MR) is 76.4 cm³/mol. The summed E-state index contributed by atoms with van der Waals surface area (Å²) < 4.78 is 14.3. The maximum Gasteiger partial charge on any atom is 0.334 e. The first-order valence-corrected chi connectivity index (χ1v) is 6.63. The number of aryl methyl sites for hydroxylation is 1. The van der Waals surface area contributed by atoms with Crippen molar-refractivity contribution >= 4 is 11.6 Å². The lowest BCUT2D eigenvalue weighted by Gasteiger charge is -2.11. The van der Waals surface area contributed by atoms with Gasteiger partial charge < -0.3 is 0 Å². The first-order chi connectivity index (χ1) is 9.45. The lowest BCUT2D eigenvalue weighted by atomic mass is 10.1. The number of hydrogen-bond acceptors (Lipinski definition) is 2. The number of halogens is 2. The minimum absolute atomic E-state index is 0.0483. The zero-order chi connectivity index (χ0) is 14.9. The summed E-state index contributed by atoms with van der Waals surface area (Å²) in [5.41, 5.74) is 0.00863. The van der Waals surface area contributed by atoms with Gasteiger partial charge in [0.2, 0.25) is 0 Å². The second kappa shape index (κ2) is 5.63. The largest absolute Gasteiger partial charge is 0.334 e. The van der Waals surface area contributed by atoms with Gasteiger partial charge in [-0.15, -0.1) is 0 Å². The SMILES string of the molecule is CCCc1c(Cl)[nH]c(=O)n(-c2cc(F)ccc2C)c1=O. The number of aromatic nitrogens is 2. The molecule has 0 bridgehead atoms. The fourth-order valence-corrected chi connectivity index (χ4v) is 2.31. The number of H-pyrrole nitrogens is 1. The third kappa shape index (κ3) is 2.54. The number of aromatic amines is 1. The minimum atomic E-state index is -0.673. The van der Waals surface area contributed by atoms with Crippen molar-refractivity contribution in [3.05, 3.63) is 61.1 Å². The van der Waals surface area contributed by atoms with Crippen LogP contribution in [0.25, 0.3) is 5.69 Å².